The van der Waals surface area contributed by atoms with Gasteiger partial charge in [-0.2, -0.15) is 4.73 Å². The molecule has 0 spiro atoms. The van der Waals surface area contributed by atoms with Crippen molar-refractivity contribution in [3.63, 3.8) is 0 Å². The van der Waals surface area contributed by atoms with Gasteiger partial charge in [-0.25, -0.2) is 9.97 Å². The Morgan fingerprint density at radius 1 is 1.23 bits per heavy atom. The first-order valence-electron chi connectivity index (χ1n) is 11.2. The van der Waals surface area contributed by atoms with Crippen LogP contribution >= 0.6 is 11.6 Å². The Bertz CT molecular complexity index is 1390. The summed E-state index contributed by atoms with van der Waals surface area (Å²) in [4.78, 5) is 37.7. The molecule has 0 aliphatic carbocycles. The van der Waals surface area contributed by atoms with E-state index in [4.69, 9.17) is 22.3 Å². The summed E-state index contributed by atoms with van der Waals surface area (Å²) in [5.74, 6) is 0.0906. The second-order valence-corrected chi connectivity index (χ2v) is 8.47. The van der Waals surface area contributed by atoms with E-state index in [1.807, 2.05) is 37.3 Å². The minimum atomic E-state index is -0.566. The number of rotatable bonds is 8. The maximum Gasteiger partial charge on any atom is 0.263 e. The Balaban J connectivity index is 1.89. The van der Waals surface area contributed by atoms with Crippen molar-refractivity contribution < 1.29 is 9.52 Å². The number of pyridine rings is 2. The first-order chi connectivity index (χ1) is 16.9. The lowest BCUT2D eigenvalue weighted by molar-refractivity contribution is -0.605. The standard InChI is InChI=1S/C25H25ClN6O3/c1-2-21(31(13-10-27)24(33)18-8-11-30(35)12-9-18)23-29-22-20(14-19(26)15-28-22)25(34)32(23)16-17-6-4-3-5-7-17/h3-9,11-12,14-15,21H,2,10,13,16,27H2,1H3. The maximum atomic E-state index is 13.6. The summed E-state index contributed by atoms with van der Waals surface area (Å²) in [5, 5.41) is 12.1. The van der Waals surface area contributed by atoms with E-state index in [0.717, 1.165) is 5.56 Å². The summed E-state index contributed by atoms with van der Waals surface area (Å²) in [6, 6.07) is 13.4. The Labute approximate surface area is 207 Å². The van der Waals surface area contributed by atoms with E-state index in [2.05, 4.69) is 4.98 Å². The number of nitrogens with two attached hydrogens (primary N) is 1. The van der Waals surface area contributed by atoms with Gasteiger partial charge < -0.3 is 15.8 Å². The zero-order valence-corrected chi connectivity index (χ0v) is 19.9. The van der Waals surface area contributed by atoms with Crippen molar-refractivity contribution in [2.24, 2.45) is 5.73 Å². The molecule has 1 atom stereocenters. The van der Waals surface area contributed by atoms with Crippen LogP contribution in [0.2, 0.25) is 5.02 Å². The van der Waals surface area contributed by atoms with Crippen molar-refractivity contribution in [2.45, 2.75) is 25.9 Å². The summed E-state index contributed by atoms with van der Waals surface area (Å²) in [6.45, 7) is 2.61. The lowest BCUT2D eigenvalue weighted by Gasteiger charge is -2.32. The van der Waals surface area contributed by atoms with Gasteiger partial charge in [0.2, 0.25) is 0 Å². The van der Waals surface area contributed by atoms with Gasteiger partial charge in [-0.15, -0.1) is 0 Å². The molecular formula is C25H25ClN6O3. The predicted molar refractivity (Wildman–Crippen MR) is 133 cm³/mol. The summed E-state index contributed by atoms with van der Waals surface area (Å²) in [5.41, 5.74) is 7.08. The number of amides is 1. The molecule has 3 heterocycles. The van der Waals surface area contributed by atoms with Gasteiger partial charge in [0.25, 0.3) is 11.5 Å². The van der Waals surface area contributed by atoms with Gasteiger partial charge in [-0.05, 0) is 18.1 Å². The van der Waals surface area contributed by atoms with Crippen LogP contribution in [0.5, 0.6) is 0 Å². The van der Waals surface area contributed by atoms with Crippen LogP contribution in [-0.2, 0) is 6.54 Å². The summed E-state index contributed by atoms with van der Waals surface area (Å²) >= 11 is 6.12. The molecule has 0 aliphatic rings. The van der Waals surface area contributed by atoms with Crippen molar-refractivity contribution in [1.82, 2.24) is 19.4 Å². The number of fused-ring (bicyclic) bond motifs is 1. The van der Waals surface area contributed by atoms with Crippen molar-refractivity contribution in [1.29, 1.82) is 0 Å². The van der Waals surface area contributed by atoms with Gasteiger partial charge in [-0.1, -0.05) is 48.9 Å². The number of carbonyl (C=O) groups excluding carboxylic acids is 1. The van der Waals surface area contributed by atoms with E-state index in [0.29, 0.717) is 32.9 Å². The number of halogens is 1. The summed E-state index contributed by atoms with van der Waals surface area (Å²) in [7, 11) is 0. The number of benzene rings is 1. The SMILES string of the molecule is CCC(c1nc2ncc(Cl)cc2c(=O)n1Cc1ccccc1)N(CCN)C(=O)c1cc[n+]([O-])cc1. The molecule has 9 nitrogen and oxygen atoms in total. The minimum absolute atomic E-state index is 0.209. The number of aromatic nitrogens is 4. The van der Waals surface area contributed by atoms with Gasteiger partial charge in [0.05, 0.1) is 28.6 Å². The smallest absolute Gasteiger partial charge is 0.263 e. The van der Waals surface area contributed by atoms with Crippen LogP contribution < -0.4 is 16.0 Å². The van der Waals surface area contributed by atoms with Crippen molar-refractivity contribution in [3.05, 3.63) is 105 Å². The molecule has 35 heavy (non-hydrogen) atoms. The van der Waals surface area contributed by atoms with Crippen LogP contribution in [0.1, 0.15) is 41.1 Å². The molecule has 1 amide bonds. The molecule has 0 saturated heterocycles. The van der Waals surface area contributed by atoms with Crippen LogP contribution in [-0.4, -0.2) is 38.4 Å². The molecule has 4 rings (SSSR count). The highest BCUT2D eigenvalue weighted by molar-refractivity contribution is 6.31. The van der Waals surface area contributed by atoms with Crippen molar-refractivity contribution in [2.75, 3.05) is 13.1 Å². The fourth-order valence-electron chi connectivity index (χ4n) is 4.07. The lowest BCUT2D eigenvalue weighted by Crippen LogP contribution is -2.41. The molecule has 0 aliphatic heterocycles. The molecule has 0 bridgehead atoms. The molecular weight excluding hydrogens is 468 g/mol. The summed E-state index contributed by atoms with van der Waals surface area (Å²) < 4.78 is 2.18. The van der Waals surface area contributed by atoms with Gasteiger partial charge in [0, 0.05) is 31.4 Å². The zero-order valence-electron chi connectivity index (χ0n) is 19.2. The van der Waals surface area contributed by atoms with Crippen molar-refractivity contribution >= 4 is 28.5 Å². The van der Waals surface area contributed by atoms with E-state index < -0.39 is 6.04 Å². The highest BCUT2D eigenvalue weighted by Crippen LogP contribution is 2.26. The predicted octanol–water partition coefficient (Wildman–Crippen LogP) is 2.68. The van der Waals surface area contributed by atoms with Crippen LogP contribution in [0.25, 0.3) is 11.0 Å². The van der Waals surface area contributed by atoms with E-state index in [1.165, 1.54) is 30.7 Å². The van der Waals surface area contributed by atoms with E-state index in [9.17, 15) is 14.8 Å². The van der Waals surface area contributed by atoms with Gasteiger partial charge in [0.15, 0.2) is 18.0 Å². The third kappa shape index (κ3) is 5.16. The first kappa shape index (κ1) is 24.3. The zero-order chi connectivity index (χ0) is 24.9. The Kier molecular flexibility index (Phi) is 7.38. The van der Waals surface area contributed by atoms with Crippen LogP contribution in [0.15, 0.2) is 71.9 Å². The molecule has 180 valence electrons. The van der Waals surface area contributed by atoms with Gasteiger partial charge in [0.1, 0.15) is 5.82 Å². The number of hydrogen-bond acceptors (Lipinski definition) is 6. The normalized spacial score (nSPS) is 12.0. The molecule has 1 aromatic carbocycles. The Hall–Kier alpha value is -3.82. The lowest BCUT2D eigenvalue weighted by atomic mass is 10.1. The monoisotopic (exact) mass is 492 g/mol. The van der Waals surface area contributed by atoms with E-state index >= 15 is 0 Å². The molecule has 1 unspecified atom stereocenters. The maximum absolute atomic E-state index is 13.6. The molecule has 0 saturated carbocycles. The Morgan fingerprint density at radius 3 is 2.60 bits per heavy atom. The third-order valence-electron chi connectivity index (χ3n) is 5.73. The summed E-state index contributed by atoms with van der Waals surface area (Å²) in [6.07, 6.45) is 4.44. The molecule has 0 fully saturated rings. The molecule has 0 radical (unpaired) electrons. The highest BCUT2D eigenvalue weighted by Gasteiger charge is 2.29. The average Bonchev–Trinajstić information content (AvgIpc) is 2.87. The average molecular weight is 493 g/mol. The molecule has 2 N–H and O–H groups in total. The van der Waals surface area contributed by atoms with Gasteiger partial charge >= 0.3 is 0 Å². The van der Waals surface area contributed by atoms with Crippen LogP contribution in [0.4, 0.5) is 0 Å². The second-order valence-electron chi connectivity index (χ2n) is 8.03. The third-order valence-corrected chi connectivity index (χ3v) is 5.94. The highest BCUT2D eigenvalue weighted by atomic mass is 35.5. The van der Waals surface area contributed by atoms with Gasteiger partial charge in [-0.3, -0.25) is 14.2 Å². The molecule has 3 aromatic heterocycles. The quantitative estimate of drug-likeness (QED) is 0.298. The molecule has 10 heteroatoms. The van der Waals surface area contributed by atoms with Crippen LogP contribution in [0, 0.1) is 5.21 Å². The van der Waals surface area contributed by atoms with Crippen molar-refractivity contribution in [3.8, 4) is 0 Å². The van der Waals surface area contributed by atoms with Crippen LogP contribution in [0.3, 0.4) is 0 Å². The van der Waals surface area contributed by atoms with E-state index in [1.54, 1.807) is 15.5 Å². The number of carbonyl (C=O) groups is 1. The topological polar surface area (TPSA) is 121 Å². The molecule has 4 aromatic rings. The number of nitrogens with zero attached hydrogens (tertiary/aromatic N) is 5. The minimum Gasteiger partial charge on any atom is -0.619 e. The number of hydrogen-bond donors (Lipinski definition) is 1. The second kappa shape index (κ2) is 10.6. The van der Waals surface area contributed by atoms with E-state index in [-0.39, 0.29) is 36.7 Å². The fraction of sp³-hybridized carbons (Fsp3) is 0.240. The fourth-order valence-corrected chi connectivity index (χ4v) is 4.23. The Morgan fingerprint density at radius 2 is 1.94 bits per heavy atom. The first-order valence-corrected chi connectivity index (χ1v) is 11.6. The largest absolute Gasteiger partial charge is 0.619 e.